The van der Waals surface area contributed by atoms with Crippen molar-refractivity contribution in [2.24, 2.45) is 0 Å². The van der Waals surface area contributed by atoms with Gasteiger partial charge in [-0.15, -0.1) is 0 Å². The second kappa shape index (κ2) is 9.31. The summed E-state index contributed by atoms with van der Waals surface area (Å²) in [5.41, 5.74) is 3.26. The number of fused-ring (bicyclic) bond motifs is 1. The number of likely N-dealkylation sites (tertiary alicyclic amines) is 2. The van der Waals surface area contributed by atoms with E-state index in [0.29, 0.717) is 32.4 Å². The summed E-state index contributed by atoms with van der Waals surface area (Å²) in [5.74, 6) is -0.295. The number of rotatable bonds is 6. The van der Waals surface area contributed by atoms with E-state index in [1.165, 1.54) is 24.2 Å². The van der Waals surface area contributed by atoms with Crippen molar-refractivity contribution in [2.45, 2.75) is 45.6 Å². The zero-order chi connectivity index (χ0) is 23.8. The third-order valence-corrected chi connectivity index (χ3v) is 7.60. The van der Waals surface area contributed by atoms with Crippen LogP contribution in [-0.2, 0) is 0 Å². The van der Waals surface area contributed by atoms with E-state index in [0.717, 1.165) is 44.6 Å². The summed E-state index contributed by atoms with van der Waals surface area (Å²) in [7, 11) is 0. The van der Waals surface area contributed by atoms with Gasteiger partial charge in [0, 0.05) is 30.4 Å². The van der Waals surface area contributed by atoms with Crippen LogP contribution in [0.4, 0.5) is 5.13 Å². The molecule has 5 rings (SSSR count). The van der Waals surface area contributed by atoms with Crippen LogP contribution in [0.3, 0.4) is 0 Å². The number of aryl methyl sites for hydroxylation is 1. The molecule has 2 aliphatic rings. The maximum atomic E-state index is 13.7. The third kappa shape index (κ3) is 4.37. The number of hydrogen-bond donors (Lipinski definition) is 1. The SMILES string of the molecule is C=C(C)n1nc(C(=O)N2CCC[C@@H]2CN2CCCC2)c2sc(NC(=O)c3ccc(C)cc3)nc21. The second-order valence-corrected chi connectivity index (χ2v) is 10.3. The maximum absolute atomic E-state index is 13.7. The van der Waals surface area contributed by atoms with Crippen molar-refractivity contribution < 1.29 is 9.59 Å². The summed E-state index contributed by atoms with van der Waals surface area (Å²) >= 11 is 1.28. The molecule has 178 valence electrons. The fourth-order valence-electron chi connectivity index (χ4n) is 4.83. The highest BCUT2D eigenvalue weighted by Gasteiger charge is 2.34. The molecule has 2 aromatic heterocycles. The molecule has 8 nitrogen and oxygen atoms in total. The van der Waals surface area contributed by atoms with E-state index >= 15 is 0 Å². The zero-order valence-electron chi connectivity index (χ0n) is 19.7. The number of nitrogens with zero attached hydrogens (tertiary/aromatic N) is 5. The molecule has 3 aromatic rings. The average molecular weight is 479 g/mol. The summed E-state index contributed by atoms with van der Waals surface area (Å²) in [6, 6.07) is 7.59. The van der Waals surface area contributed by atoms with Crippen molar-refractivity contribution in [2.75, 3.05) is 31.5 Å². The van der Waals surface area contributed by atoms with Gasteiger partial charge in [0.1, 0.15) is 4.70 Å². The molecule has 0 unspecified atom stereocenters. The van der Waals surface area contributed by atoms with Gasteiger partial charge in [0.25, 0.3) is 11.8 Å². The number of carbonyl (C=O) groups excluding carboxylic acids is 2. The van der Waals surface area contributed by atoms with Gasteiger partial charge in [-0.25, -0.2) is 4.68 Å². The lowest BCUT2D eigenvalue weighted by Gasteiger charge is -2.28. The first-order valence-corrected chi connectivity index (χ1v) is 12.7. The largest absolute Gasteiger partial charge is 0.333 e. The van der Waals surface area contributed by atoms with Crippen molar-refractivity contribution in [3.8, 4) is 0 Å². The molecular weight excluding hydrogens is 448 g/mol. The van der Waals surface area contributed by atoms with Crippen LogP contribution in [0.1, 0.15) is 59.0 Å². The lowest BCUT2D eigenvalue weighted by Crippen LogP contribution is -2.42. The first kappa shape index (κ1) is 22.7. The summed E-state index contributed by atoms with van der Waals surface area (Å²) < 4.78 is 2.28. The Balaban J connectivity index is 1.42. The van der Waals surface area contributed by atoms with Gasteiger partial charge in [-0.1, -0.05) is 35.6 Å². The van der Waals surface area contributed by atoms with Gasteiger partial charge in [-0.05, 0) is 64.8 Å². The van der Waals surface area contributed by atoms with Crippen LogP contribution < -0.4 is 5.32 Å². The molecule has 0 spiro atoms. The summed E-state index contributed by atoms with van der Waals surface area (Å²) in [5, 5.41) is 7.92. The number of benzene rings is 1. The normalized spacial score (nSPS) is 18.6. The number of allylic oxidation sites excluding steroid dienone is 1. The van der Waals surface area contributed by atoms with Gasteiger partial charge in [0.05, 0.1) is 0 Å². The van der Waals surface area contributed by atoms with Crippen LogP contribution in [0.15, 0.2) is 30.8 Å². The van der Waals surface area contributed by atoms with Gasteiger partial charge in [0.2, 0.25) is 0 Å². The molecule has 0 aliphatic carbocycles. The Bertz CT molecular complexity index is 1240. The topological polar surface area (TPSA) is 83.4 Å². The summed E-state index contributed by atoms with van der Waals surface area (Å²) in [6.45, 7) is 11.7. The van der Waals surface area contributed by atoms with Crippen LogP contribution >= 0.6 is 11.3 Å². The highest BCUT2D eigenvalue weighted by atomic mass is 32.1. The van der Waals surface area contributed by atoms with Crippen molar-refractivity contribution in [1.82, 2.24) is 24.6 Å². The number of aromatic nitrogens is 3. The Labute approximate surface area is 203 Å². The molecule has 2 fully saturated rings. The van der Waals surface area contributed by atoms with Crippen LogP contribution in [0.5, 0.6) is 0 Å². The maximum Gasteiger partial charge on any atom is 0.276 e. The first-order valence-electron chi connectivity index (χ1n) is 11.9. The van der Waals surface area contributed by atoms with Crippen molar-refractivity contribution in [3.63, 3.8) is 0 Å². The van der Waals surface area contributed by atoms with Crippen LogP contribution in [0.25, 0.3) is 16.0 Å². The molecule has 0 saturated carbocycles. The fraction of sp³-hybridized carbons (Fsp3) is 0.440. The number of thiazole rings is 1. The lowest BCUT2D eigenvalue weighted by atomic mass is 10.1. The Hall–Kier alpha value is -3.04. The van der Waals surface area contributed by atoms with Gasteiger partial charge in [-0.2, -0.15) is 10.1 Å². The molecule has 0 bridgehead atoms. The number of nitrogens with one attached hydrogen (secondary N) is 1. The fourth-order valence-corrected chi connectivity index (χ4v) is 5.75. The molecular formula is C25H30N6O2S. The Morgan fingerprint density at radius 1 is 1.15 bits per heavy atom. The van der Waals surface area contributed by atoms with E-state index in [9.17, 15) is 9.59 Å². The number of anilines is 1. The highest BCUT2D eigenvalue weighted by molar-refractivity contribution is 7.22. The average Bonchev–Trinajstić information content (AvgIpc) is 3.59. The molecule has 9 heteroatoms. The number of amides is 2. The second-order valence-electron chi connectivity index (χ2n) is 9.29. The van der Waals surface area contributed by atoms with Crippen LogP contribution in [-0.4, -0.2) is 68.6 Å². The third-order valence-electron chi connectivity index (χ3n) is 6.63. The molecule has 2 saturated heterocycles. The molecule has 1 atom stereocenters. The predicted octanol–water partition coefficient (Wildman–Crippen LogP) is 4.24. The number of hydrogen-bond acceptors (Lipinski definition) is 6. The molecule has 4 heterocycles. The van der Waals surface area contributed by atoms with E-state index in [1.807, 2.05) is 30.9 Å². The zero-order valence-corrected chi connectivity index (χ0v) is 20.5. The van der Waals surface area contributed by atoms with E-state index in [2.05, 4.69) is 26.9 Å². The Morgan fingerprint density at radius 2 is 1.88 bits per heavy atom. The van der Waals surface area contributed by atoms with Crippen molar-refractivity contribution in [3.05, 3.63) is 47.7 Å². The minimum absolute atomic E-state index is 0.0632. The standard InChI is InChI=1S/C25H30N6O2S/c1-16(2)31-22-21(34-25(26-22)27-23(32)18-10-8-17(3)9-11-18)20(28-31)24(33)30-14-6-7-19(30)15-29-12-4-5-13-29/h8-11,19H,1,4-7,12-15H2,2-3H3,(H,26,27,32)/t19-/m1/s1. The Morgan fingerprint density at radius 3 is 2.59 bits per heavy atom. The minimum Gasteiger partial charge on any atom is -0.333 e. The van der Waals surface area contributed by atoms with Crippen LogP contribution in [0, 0.1) is 6.92 Å². The quantitative estimate of drug-likeness (QED) is 0.573. The van der Waals surface area contributed by atoms with Crippen LogP contribution in [0.2, 0.25) is 0 Å². The van der Waals surface area contributed by atoms with E-state index in [1.54, 1.807) is 16.8 Å². The van der Waals surface area contributed by atoms with E-state index in [-0.39, 0.29) is 17.9 Å². The molecule has 1 aromatic carbocycles. The van der Waals surface area contributed by atoms with Crippen molar-refractivity contribution in [1.29, 1.82) is 0 Å². The smallest absolute Gasteiger partial charge is 0.276 e. The minimum atomic E-state index is -0.232. The molecule has 1 N–H and O–H groups in total. The number of carbonyl (C=O) groups is 2. The monoisotopic (exact) mass is 478 g/mol. The predicted molar refractivity (Wildman–Crippen MR) is 135 cm³/mol. The summed E-state index contributed by atoms with van der Waals surface area (Å²) in [4.78, 5) is 35.4. The first-order chi connectivity index (χ1) is 16.4. The molecule has 2 amide bonds. The van der Waals surface area contributed by atoms with Crippen molar-refractivity contribution >= 4 is 44.3 Å². The van der Waals surface area contributed by atoms with Gasteiger partial charge in [0.15, 0.2) is 16.5 Å². The Kier molecular flexibility index (Phi) is 6.22. The molecule has 2 aliphatic heterocycles. The van der Waals surface area contributed by atoms with Gasteiger partial charge >= 0.3 is 0 Å². The van der Waals surface area contributed by atoms with E-state index in [4.69, 9.17) is 0 Å². The van der Waals surface area contributed by atoms with E-state index < -0.39 is 0 Å². The van der Waals surface area contributed by atoms with Gasteiger partial charge < -0.3 is 9.80 Å². The highest BCUT2D eigenvalue weighted by Crippen LogP contribution is 2.33. The van der Waals surface area contributed by atoms with Gasteiger partial charge in [-0.3, -0.25) is 14.9 Å². The summed E-state index contributed by atoms with van der Waals surface area (Å²) in [6.07, 6.45) is 4.51. The molecule has 34 heavy (non-hydrogen) atoms. The lowest BCUT2D eigenvalue weighted by molar-refractivity contribution is 0.0704. The molecule has 0 radical (unpaired) electrons.